The molecule has 160 valence electrons. The highest BCUT2D eigenvalue weighted by molar-refractivity contribution is 5.94. The molecule has 0 radical (unpaired) electrons. The molecule has 1 N–H and O–H groups in total. The molecule has 0 saturated carbocycles. The maximum Gasteiger partial charge on any atom is 0.255 e. The van der Waals surface area contributed by atoms with E-state index >= 15 is 0 Å². The quantitative estimate of drug-likeness (QED) is 0.813. The van der Waals surface area contributed by atoms with Gasteiger partial charge in [-0.3, -0.25) is 4.79 Å². The van der Waals surface area contributed by atoms with Crippen molar-refractivity contribution in [2.75, 3.05) is 27.2 Å². The lowest BCUT2D eigenvalue weighted by molar-refractivity contribution is 0.0399. The predicted octanol–water partition coefficient (Wildman–Crippen LogP) is 2.40. The molecule has 3 heterocycles. The molecule has 31 heavy (non-hydrogen) atoms. The zero-order valence-electron chi connectivity index (χ0n) is 17.5. The molecule has 2 aromatic rings. The average molecular weight is 422 g/mol. The molecular formula is C22H23FN6O2. The van der Waals surface area contributed by atoms with E-state index in [1.165, 1.54) is 23.2 Å². The minimum absolute atomic E-state index is 0.00309. The molecule has 1 aliphatic carbocycles. The lowest BCUT2D eigenvalue weighted by Gasteiger charge is -2.42. The van der Waals surface area contributed by atoms with Crippen LogP contribution in [0, 0.1) is 17.2 Å². The Kier molecular flexibility index (Phi) is 5.33. The Morgan fingerprint density at radius 1 is 1.29 bits per heavy atom. The first kappa shape index (κ1) is 20.8. The second-order valence-corrected chi connectivity index (χ2v) is 8.16. The highest BCUT2D eigenvalue weighted by Crippen LogP contribution is 2.39. The summed E-state index contributed by atoms with van der Waals surface area (Å²) in [7, 11) is 3.98. The van der Waals surface area contributed by atoms with Crippen molar-refractivity contribution in [3.8, 4) is 17.8 Å². The Morgan fingerprint density at radius 2 is 2.03 bits per heavy atom. The fourth-order valence-electron chi connectivity index (χ4n) is 3.83. The van der Waals surface area contributed by atoms with Gasteiger partial charge < -0.3 is 14.9 Å². The van der Waals surface area contributed by atoms with Gasteiger partial charge in [0.1, 0.15) is 11.9 Å². The molecule has 9 heteroatoms. The average Bonchev–Trinajstić information content (AvgIpc) is 3.09. The van der Waals surface area contributed by atoms with Crippen LogP contribution in [0.2, 0.25) is 0 Å². The third-order valence-corrected chi connectivity index (χ3v) is 5.92. The molecule has 2 atom stereocenters. The van der Waals surface area contributed by atoms with Crippen molar-refractivity contribution in [2.24, 2.45) is 5.92 Å². The highest BCUT2D eigenvalue weighted by atomic mass is 19.1. The fourth-order valence-corrected chi connectivity index (χ4v) is 3.83. The first-order valence-corrected chi connectivity index (χ1v) is 9.98. The van der Waals surface area contributed by atoms with E-state index in [-0.39, 0.29) is 23.3 Å². The van der Waals surface area contributed by atoms with Gasteiger partial charge in [-0.2, -0.15) is 15.0 Å². The minimum atomic E-state index is -0.610. The van der Waals surface area contributed by atoms with E-state index in [0.29, 0.717) is 36.1 Å². The van der Waals surface area contributed by atoms with E-state index in [2.05, 4.69) is 15.0 Å². The number of amides is 1. The molecule has 0 bridgehead atoms. The molecule has 4 rings (SSSR count). The number of rotatable bonds is 4. The normalized spacial score (nSPS) is 21.4. The third kappa shape index (κ3) is 3.70. The van der Waals surface area contributed by atoms with Crippen LogP contribution >= 0.6 is 0 Å². The number of carbonyl (C=O) groups is 1. The monoisotopic (exact) mass is 422 g/mol. The summed E-state index contributed by atoms with van der Waals surface area (Å²) in [6.45, 7) is 3.21. The molecule has 1 amide bonds. The van der Waals surface area contributed by atoms with E-state index in [0.717, 1.165) is 0 Å². The second-order valence-electron chi connectivity index (χ2n) is 8.16. The minimum Gasteiger partial charge on any atom is -0.493 e. The summed E-state index contributed by atoms with van der Waals surface area (Å²) in [5, 5.41) is 23.9. The summed E-state index contributed by atoms with van der Waals surface area (Å²) in [6, 6.07) is 5.47. The van der Waals surface area contributed by atoms with Gasteiger partial charge in [-0.15, -0.1) is 0 Å². The number of nitrogens with zero attached hydrogens (tertiary/aromatic N) is 6. The van der Waals surface area contributed by atoms with E-state index in [4.69, 9.17) is 5.26 Å². The first-order valence-electron chi connectivity index (χ1n) is 9.98. The van der Waals surface area contributed by atoms with Crippen LogP contribution in [-0.4, -0.2) is 68.8 Å². The van der Waals surface area contributed by atoms with Gasteiger partial charge >= 0.3 is 0 Å². The predicted molar refractivity (Wildman–Crippen MR) is 111 cm³/mol. The van der Waals surface area contributed by atoms with Crippen LogP contribution in [0.4, 0.5) is 4.39 Å². The largest absolute Gasteiger partial charge is 0.493 e. The Morgan fingerprint density at radius 3 is 2.65 bits per heavy atom. The van der Waals surface area contributed by atoms with Crippen molar-refractivity contribution in [1.29, 1.82) is 5.26 Å². The van der Waals surface area contributed by atoms with Gasteiger partial charge in [0.2, 0.25) is 5.88 Å². The van der Waals surface area contributed by atoms with Crippen molar-refractivity contribution in [1.82, 2.24) is 24.6 Å². The topological polar surface area (TPSA) is 98.3 Å². The van der Waals surface area contributed by atoms with Crippen molar-refractivity contribution < 1.29 is 14.3 Å². The number of carbonyl (C=O) groups excluding carboxylic acids is 1. The number of nitriles is 1. The molecule has 1 aliphatic heterocycles. The van der Waals surface area contributed by atoms with Gasteiger partial charge in [-0.05, 0) is 38.2 Å². The third-order valence-electron chi connectivity index (χ3n) is 5.92. The summed E-state index contributed by atoms with van der Waals surface area (Å²) in [5.41, 5.74) is 0.901. The summed E-state index contributed by atoms with van der Waals surface area (Å²) >= 11 is 0. The summed E-state index contributed by atoms with van der Waals surface area (Å²) in [6.07, 6.45) is 5.81. The van der Waals surface area contributed by atoms with Gasteiger partial charge in [0.05, 0.1) is 17.3 Å². The van der Waals surface area contributed by atoms with Crippen LogP contribution in [-0.2, 0) is 0 Å². The van der Waals surface area contributed by atoms with Gasteiger partial charge in [0, 0.05) is 36.8 Å². The van der Waals surface area contributed by atoms with E-state index in [1.807, 2.05) is 27.1 Å². The van der Waals surface area contributed by atoms with E-state index in [9.17, 15) is 14.3 Å². The number of aromatic hydroxyl groups is 1. The number of likely N-dealkylation sites (N-methyl/N-ethyl adjacent to an activating group) is 1. The summed E-state index contributed by atoms with van der Waals surface area (Å²) in [5.74, 6) is -1.15. The van der Waals surface area contributed by atoms with Crippen LogP contribution in [0.3, 0.4) is 0 Å². The SMILES string of the molecule is CC1C=C(C#N)C(F)=CC1c1cnn(-c2ccc(C(=O)N3CC(N(C)C)C3)cn2)c1O. The summed E-state index contributed by atoms with van der Waals surface area (Å²) < 4.78 is 15.4. The van der Waals surface area contributed by atoms with E-state index < -0.39 is 11.7 Å². The van der Waals surface area contributed by atoms with Crippen LogP contribution < -0.4 is 0 Å². The lowest BCUT2D eigenvalue weighted by atomic mass is 9.83. The number of aromatic nitrogens is 3. The fraction of sp³-hybridized carbons (Fsp3) is 0.364. The summed E-state index contributed by atoms with van der Waals surface area (Å²) in [4.78, 5) is 20.7. The number of pyridine rings is 1. The second kappa shape index (κ2) is 7.96. The molecule has 2 aromatic heterocycles. The smallest absolute Gasteiger partial charge is 0.255 e. The van der Waals surface area contributed by atoms with Gasteiger partial charge in [0.15, 0.2) is 5.82 Å². The Hall–Kier alpha value is -3.51. The molecule has 0 aromatic carbocycles. The van der Waals surface area contributed by atoms with E-state index in [1.54, 1.807) is 23.1 Å². The molecule has 1 fully saturated rings. The van der Waals surface area contributed by atoms with Crippen LogP contribution in [0.15, 0.2) is 48.1 Å². The molecule has 0 spiro atoms. The first-order chi connectivity index (χ1) is 14.8. The molecule has 1 saturated heterocycles. The molecule has 2 aliphatic rings. The maximum absolute atomic E-state index is 14.1. The van der Waals surface area contributed by atoms with Gasteiger partial charge in [0.25, 0.3) is 5.91 Å². The standard InChI is InChI=1S/C22H23FN6O2/c1-13-6-15(8-24)19(23)7-17(13)18-10-26-29(22(18)31)20-5-4-14(9-25-20)21(30)28-11-16(12-28)27(2)3/h4-7,9-10,13,16-17,31H,11-12H2,1-3H3. The van der Waals surface area contributed by atoms with Gasteiger partial charge in [-0.1, -0.05) is 13.0 Å². The number of halogens is 1. The lowest BCUT2D eigenvalue weighted by Crippen LogP contribution is -2.59. The van der Waals surface area contributed by atoms with Crippen molar-refractivity contribution in [2.45, 2.75) is 18.9 Å². The zero-order valence-corrected chi connectivity index (χ0v) is 17.5. The number of hydrogen-bond acceptors (Lipinski definition) is 6. The molecule has 2 unspecified atom stereocenters. The van der Waals surface area contributed by atoms with Crippen molar-refractivity contribution >= 4 is 5.91 Å². The Bertz CT molecular complexity index is 1110. The van der Waals surface area contributed by atoms with Crippen molar-refractivity contribution in [3.63, 3.8) is 0 Å². The zero-order chi connectivity index (χ0) is 22.3. The number of allylic oxidation sites excluding steroid dienone is 4. The maximum atomic E-state index is 14.1. The van der Waals surface area contributed by atoms with Gasteiger partial charge in [-0.25, -0.2) is 9.37 Å². The van der Waals surface area contributed by atoms with Crippen LogP contribution in [0.1, 0.15) is 28.8 Å². The Balaban J connectivity index is 1.52. The molecular weight excluding hydrogens is 399 g/mol. The Labute approximate surface area is 179 Å². The highest BCUT2D eigenvalue weighted by Gasteiger charge is 2.32. The number of hydrogen-bond donors (Lipinski definition) is 1. The number of likely N-dealkylation sites (tertiary alicyclic amines) is 1. The van der Waals surface area contributed by atoms with Crippen LogP contribution in [0.25, 0.3) is 5.82 Å². The van der Waals surface area contributed by atoms with Crippen molar-refractivity contribution in [3.05, 3.63) is 59.2 Å². The van der Waals surface area contributed by atoms with Crippen LogP contribution in [0.5, 0.6) is 5.88 Å². The molecule has 8 nitrogen and oxygen atoms in total.